The molecule has 0 aromatic heterocycles. The number of carbonyl (C=O) groups excluding carboxylic acids is 2. The molecule has 1 heterocycles. The Balaban J connectivity index is 1.38. The molecule has 2 unspecified atom stereocenters. The minimum absolute atomic E-state index is 0.0475. The van der Waals surface area contributed by atoms with Crippen molar-refractivity contribution in [1.82, 2.24) is 10.2 Å². The van der Waals surface area contributed by atoms with E-state index in [1.54, 1.807) is 4.90 Å². The lowest BCUT2D eigenvalue weighted by atomic mass is 9.98. The molecule has 0 spiro atoms. The van der Waals surface area contributed by atoms with Gasteiger partial charge in [-0.05, 0) is 40.5 Å². The molecule has 0 saturated carbocycles. The molecule has 2 N–H and O–H groups in total. The van der Waals surface area contributed by atoms with E-state index >= 15 is 0 Å². The van der Waals surface area contributed by atoms with Crippen LogP contribution in [0.5, 0.6) is 0 Å². The summed E-state index contributed by atoms with van der Waals surface area (Å²) in [5.74, 6) is -1.27. The van der Waals surface area contributed by atoms with E-state index in [0.717, 1.165) is 22.3 Å². The molecule has 7 nitrogen and oxygen atoms in total. The quantitative estimate of drug-likeness (QED) is 0.668. The van der Waals surface area contributed by atoms with Gasteiger partial charge in [0.15, 0.2) is 0 Å². The highest BCUT2D eigenvalue weighted by Gasteiger charge is 2.35. The summed E-state index contributed by atoms with van der Waals surface area (Å²) in [5.41, 5.74) is 4.57. The first-order valence-corrected chi connectivity index (χ1v) is 11.5. The topological polar surface area (TPSA) is 95.9 Å². The summed E-state index contributed by atoms with van der Waals surface area (Å²) in [6, 6.07) is 15.5. The summed E-state index contributed by atoms with van der Waals surface area (Å²) >= 11 is 0. The number of fused-ring (bicyclic) bond motifs is 3. The minimum atomic E-state index is -0.855. The molecular weight excluding hydrogens is 420 g/mol. The largest absolute Gasteiger partial charge is 0.481 e. The Bertz CT molecular complexity index is 1000. The maximum atomic E-state index is 13.0. The second kappa shape index (κ2) is 9.65. The highest BCUT2D eigenvalue weighted by Crippen LogP contribution is 2.44. The average Bonchev–Trinajstić information content (AvgIpc) is 3.37. The Morgan fingerprint density at radius 3 is 2.24 bits per heavy atom. The predicted octanol–water partition coefficient (Wildman–Crippen LogP) is 3.87. The van der Waals surface area contributed by atoms with E-state index in [1.165, 1.54) is 0 Å². The third kappa shape index (κ3) is 4.87. The van der Waals surface area contributed by atoms with E-state index in [2.05, 4.69) is 29.6 Å². The van der Waals surface area contributed by atoms with Crippen LogP contribution in [-0.4, -0.2) is 53.7 Å². The third-order valence-corrected chi connectivity index (χ3v) is 6.61. The highest BCUT2D eigenvalue weighted by molar-refractivity contribution is 5.86. The Hall–Kier alpha value is -3.35. The number of hydrogen-bond acceptors (Lipinski definition) is 4. The first-order valence-electron chi connectivity index (χ1n) is 11.5. The number of ether oxygens (including phenoxy) is 1. The van der Waals surface area contributed by atoms with Crippen molar-refractivity contribution in [1.29, 1.82) is 0 Å². The lowest BCUT2D eigenvalue weighted by molar-refractivity contribution is -0.138. The van der Waals surface area contributed by atoms with E-state index in [-0.39, 0.29) is 36.7 Å². The zero-order chi connectivity index (χ0) is 23.5. The number of rotatable bonds is 7. The number of hydrogen-bond donors (Lipinski definition) is 2. The van der Waals surface area contributed by atoms with E-state index in [0.29, 0.717) is 19.5 Å². The first-order chi connectivity index (χ1) is 15.8. The van der Waals surface area contributed by atoms with Crippen LogP contribution in [0.1, 0.15) is 43.7 Å². The number of carboxylic acid groups (broad SMARTS) is 1. The standard InChI is InChI=1S/C26H30N2O5/c1-16(2)24(25(31)28-12-11-17(14-28)13-23(29)30)27-26(32)33-15-22-20-9-5-3-7-18(20)19-8-4-6-10-21(19)22/h3-10,16-17,22,24H,11-15H2,1-2H3,(H,27,32)(H,29,30). The Morgan fingerprint density at radius 2 is 1.67 bits per heavy atom. The van der Waals surface area contributed by atoms with Crippen LogP contribution in [-0.2, 0) is 14.3 Å². The zero-order valence-corrected chi connectivity index (χ0v) is 19.0. The fourth-order valence-corrected chi connectivity index (χ4v) is 4.92. The normalized spacial score (nSPS) is 18.0. The Kier molecular flexibility index (Phi) is 6.67. The lowest BCUT2D eigenvalue weighted by Gasteiger charge is -2.27. The number of alkyl carbamates (subject to hydrolysis) is 1. The van der Waals surface area contributed by atoms with Crippen LogP contribution >= 0.6 is 0 Å². The molecule has 1 saturated heterocycles. The van der Waals surface area contributed by atoms with Gasteiger partial charge in [-0.25, -0.2) is 4.79 Å². The molecule has 0 bridgehead atoms. The molecule has 4 rings (SSSR count). The van der Waals surface area contributed by atoms with Crippen molar-refractivity contribution >= 4 is 18.0 Å². The van der Waals surface area contributed by atoms with Gasteiger partial charge in [-0.3, -0.25) is 9.59 Å². The SMILES string of the molecule is CC(C)C(NC(=O)OCC1c2ccccc2-c2ccccc21)C(=O)N1CCC(CC(=O)O)C1. The summed E-state index contributed by atoms with van der Waals surface area (Å²) < 4.78 is 5.61. The second-order valence-electron chi connectivity index (χ2n) is 9.23. The van der Waals surface area contributed by atoms with Crippen molar-refractivity contribution in [2.75, 3.05) is 19.7 Å². The van der Waals surface area contributed by atoms with Crippen molar-refractivity contribution < 1.29 is 24.2 Å². The molecule has 2 amide bonds. The van der Waals surface area contributed by atoms with E-state index in [9.17, 15) is 14.4 Å². The van der Waals surface area contributed by atoms with Gasteiger partial charge in [-0.2, -0.15) is 0 Å². The number of nitrogens with one attached hydrogen (secondary N) is 1. The first kappa shape index (κ1) is 22.8. The fraction of sp³-hybridized carbons (Fsp3) is 0.423. The van der Waals surface area contributed by atoms with Gasteiger partial charge in [0.1, 0.15) is 12.6 Å². The Labute approximate surface area is 193 Å². The smallest absolute Gasteiger partial charge is 0.407 e. The number of amides is 2. The molecule has 174 valence electrons. The van der Waals surface area contributed by atoms with Gasteiger partial charge in [0, 0.05) is 25.4 Å². The molecule has 1 aliphatic heterocycles. The van der Waals surface area contributed by atoms with Gasteiger partial charge in [0.05, 0.1) is 0 Å². The van der Waals surface area contributed by atoms with Gasteiger partial charge in [0.25, 0.3) is 0 Å². The van der Waals surface area contributed by atoms with Crippen LogP contribution in [0.3, 0.4) is 0 Å². The molecule has 2 aromatic carbocycles. The molecule has 2 aromatic rings. The molecular formula is C26H30N2O5. The van der Waals surface area contributed by atoms with Crippen LogP contribution in [0.4, 0.5) is 4.79 Å². The van der Waals surface area contributed by atoms with Gasteiger partial charge in [-0.15, -0.1) is 0 Å². The summed E-state index contributed by atoms with van der Waals surface area (Å²) in [4.78, 5) is 38.4. The van der Waals surface area contributed by atoms with Gasteiger partial charge >= 0.3 is 12.1 Å². The second-order valence-corrected chi connectivity index (χ2v) is 9.23. The van der Waals surface area contributed by atoms with Gasteiger partial charge in [0.2, 0.25) is 5.91 Å². The maximum absolute atomic E-state index is 13.0. The third-order valence-electron chi connectivity index (χ3n) is 6.61. The minimum Gasteiger partial charge on any atom is -0.481 e. The summed E-state index contributed by atoms with van der Waals surface area (Å²) in [7, 11) is 0. The number of aliphatic carboxylic acids is 1. The average molecular weight is 451 g/mol. The number of benzene rings is 2. The van der Waals surface area contributed by atoms with Gasteiger partial charge in [-0.1, -0.05) is 62.4 Å². The van der Waals surface area contributed by atoms with Crippen LogP contribution in [0.2, 0.25) is 0 Å². The highest BCUT2D eigenvalue weighted by atomic mass is 16.5. The zero-order valence-electron chi connectivity index (χ0n) is 19.0. The van der Waals surface area contributed by atoms with Crippen LogP contribution in [0.15, 0.2) is 48.5 Å². The molecule has 2 aliphatic rings. The predicted molar refractivity (Wildman–Crippen MR) is 124 cm³/mol. The molecule has 0 radical (unpaired) electrons. The van der Waals surface area contributed by atoms with Crippen molar-refractivity contribution in [3.8, 4) is 11.1 Å². The van der Waals surface area contributed by atoms with E-state index < -0.39 is 18.1 Å². The van der Waals surface area contributed by atoms with Crippen molar-refractivity contribution in [2.24, 2.45) is 11.8 Å². The molecule has 2 atom stereocenters. The molecule has 7 heteroatoms. The summed E-state index contributed by atoms with van der Waals surface area (Å²) in [6.07, 6.45) is 0.0918. The fourth-order valence-electron chi connectivity index (χ4n) is 4.92. The van der Waals surface area contributed by atoms with Crippen molar-refractivity contribution in [2.45, 2.75) is 38.6 Å². The van der Waals surface area contributed by atoms with Crippen molar-refractivity contribution in [3.05, 3.63) is 59.7 Å². The Morgan fingerprint density at radius 1 is 1.06 bits per heavy atom. The van der Waals surface area contributed by atoms with Crippen LogP contribution < -0.4 is 5.32 Å². The number of carbonyl (C=O) groups is 3. The number of nitrogens with zero attached hydrogens (tertiary/aromatic N) is 1. The van der Waals surface area contributed by atoms with E-state index in [1.807, 2.05) is 38.1 Å². The van der Waals surface area contributed by atoms with E-state index in [4.69, 9.17) is 9.84 Å². The number of carboxylic acids is 1. The van der Waals surface area contributed by atoms with Crippen molar-refractivity contribution in [3.63, 3.8) is 0 Å². The summed E-state index contributed by atoms with van der Waals surface area (Å²) in [5, 5.41) is 11.8. The molecule has 33 heavy (non-hydrogen) atoms. The molecule has 1 aliphatic carbocycles. The van der Waals surface area contributed by atoms with Gasteiger partial charge < -0.3 is 20.1 Å². The lowest BCUT2D eigenvalue weighted by Crippen LogP contribution is -2.51. The molecule has 1 fully saturated rings. The van der Waals surface area contributed by atoms with Crippen LogP contribution in [0.25, 0.3) is 11.1 Å². The summed E-state index contributed by atoms with van der Waals surface area (Å²) in [6.45, 7) is 4.84. The monoisotopic (exact) mass is 450 g/mol. The maximum Gasteiger partial charge on any atom is 0.407 e. The van der Waals surface area contributed by atoms with Crippen LogP contribution in [0, 0.1) is 11.8 Å². The number of likely N-dealkylation sites (tertiary alicyclic amines) is 1.